The van der Waals surface area contributed by atoms with Gasteiger partial charge in [-0.15, -0.1) is 10.2 Å². The fourth-order valence-corrected chi connectivity index (χ4v) is 5.16. The molecule has 6 nitrogen and oxygen atoms in total. The lowest BCUT2D eigenvalue weighted by Crippen LogP contribution is -2.24. The first-order chi connectivity index (χ1) is 14.7. The maximum atomic E-state index is 14.4. The first-order valence-electron chi connectivity index (χ1n) is 10.1. The number of anilines is 1. The van der Waals surface area contributed by atoms with Gasteiger partial charge in [0.1, 0.15) is 22.5 Å². The van der Waals surface area contributed by atoms with Crippen LogP contribution in [0, 0.1) is 11.6 Å². The Labute approximate surface area is 175 Å². The Bertz CT molecular complexity index is 1250. The molecule has 0 radical (unpaired) electrons. The van der Waals surface area contributed by atoms with Gasteiger partial charge in [-0.05, 0) is 49.9 Å². The van der Waals surface area contributed by atoms with Gasteiger partial charge in [0, 0.05) is 24.2 Å². The van der Waals surface area contributed by atoms with Crippen LogP contribution in [0.25, 0.3) is 16.2 Å². The third-order valence-corrected chi connectivity index (χ3v) is 6.94. The van der Waals surface area contributed by atoms with Crippen molar-refractivity contribution in [1.29, 1.82) is 0 Å². The van der Waals surface area contributed by atoms with Crippen LogP contribution in [0.3, 0.4) is 0 Å². The number of fused-ring (bicyclic) bond motifs is 1. The average Bonchev–Trinajstić information content (AvgIpc) is 3.16. The zero-order valence-electron chi connectivity index (χ0n) is 16.0. The van der Waals surface area contributed by atoms with Crippen molar-refractivity contribution < 1.29 is 8.78 Å². The fraction of sp³-hybridized carbons (Fsp3) is 0.333. The number of hydrogen-bond acceptors (Lipinski definition) is 6. The van der Waals surface area contributed by atoms with Crippen LogP contribution in [-0.4, -0.2) is 31.3 Å². The minimum atomic E-state index is -0.428. The molecule has 30 heavy (non-hydrogen) atoms. The van der Waals surface area contributed by atoms with E-state index in [1.807, 2.05) is 17.2 Å². The molecule has 3 aromatic heterocycles. The van der Waals surface area contributed by atoms with Crippen molar-refractivity contribution in [3.63, 3.8) is 0 Å². The van der Waals surface area contributed by atoms with Crippen LogP contribution in [0.4, 0.5) is 14.6 Å². The van der Waals surface area contributed by atoms with Gasteiger partial charge in [-0.25, -0.2) is 18.3 Å². The molecule has 4 aromatic rings. The Kier molecular flexibility index (Phi) is 4.05. The van der Waals surface area contributed by atoms with Crippen molar-refractivity contribution in [3.05, 3.63) is 58.9 Å². The zero-order valence-corrected chi connectivity index (χ0v) is 16.8. The SMILES string of the molecule is Fc1ccc(F)c(C2CCCN2c2ccn3ncc(-c4nnc(C5CC5)s4)c3n2)c1. The molecule has 152 valence electrons. The summed E-state index contributed by atoms with van der Waals surface area (Å²) in [5.41, 5.74) is 1.91. The Morgan fingerprint density at radius 3 is 2.83 bits per heavy atom. The monoisotopic (exact) mass is 424 g/mol. The highest BCUT2D eigenvalue weighted by atomic mass is 32.1. The lowest BCUT2D eigenvalue weighted by atomic mass is 10.0. The van der Waals surface area contributed by atoms with Gasteiger partial charge >= 0.3 is 0 Å². The van der Waals surface area contributed by atoms with Gasteiger partial charge < -0.3 is 4.90 Å². The van der Waals surface area contributed by atoms with E-state index in [1.54, 1.807) is 22.0 Å². The minimum absolute atomic E-state index is 0.245. The third-order valence-electron chi connectivity index (χ3n) is 5.82. The van der Waals surface area contributed by atoms with E-state index in [1.165, 1.54) is 25.0 Å². The molecule has 2 fully saturated rings. The average molecular weight is 424 g/mol. The molecule has 1 aromatic carbocycles. The molecule has 6 rings (SSSR count). The van der Waals surface area contributed by atoms with Crippen LogP contribution in [0.1, 0.15) is 48.2 Å². The van der Waals surface area contributed by atoms with Crippen LogP contribution >= 0.6 is 11.3 Å². The lowest BCUT2D eigenvalue weighted by molar-refractivity contribution is 0.560. The number of benzene rings is 1. The number of aromatic nitrogens is 5. The van der Waals surface area contributed by atoms with Gasteiger partial charge in [0.15, 0.2) is 10.7 Å². The molecule has 2 aliphatic rings. The smallest absolute Gasteiger partial charge is 0.167 e. The highest BCUT2D eigenvalue weighted by molar-refractivity contribution is 7.14. The van der Waals surface area contributed by atoms with Crippen LogP contribution in [0.2, 0.25) is 0 Å². The zero-order chi connectivity index (χ0) is 20.2. The van der Waals surface area contributed by atoms with E-state index in [0.717, 1.165) is 46.8 Å². The summed E-state index contributed by atoms with van der Waals surface area (Å²) in [6, 6.07) is 5.26. The van der Waals surface area contributed by atoms with E-state index in [9.17, 15) is 8.78 Å². The van der Waals surface area contributed by atoms with E-state index >= 15 is 0 Å². The summed E-state index contributed by atoms with van der Waals surface area (Å²) in [4.78, 5) is 6.89. The van der Waals surface area contributed by atoms with Crippen LogP contribution in [0.15, 0.2) is 36.7 Å². The predicted molar refractivity (Wildman–Crippen MR) is 110 cm³/mol. The van der Waals surface area contributed by atoms with Gasteiger partial charge in [0.05, 0.1) is 17.8 Å². The third kappa shape index (κ3) is 2.96. The Morgan fingerprint density at radius 1 is 1.07 bits per heavy atom. The van der Waals surface area contributed by atoms with Gasteiger partial charge in [-0.3, -0.25) is 0 Å². The summed E-state index contributed by atoms with van der Waals surface area (Å²) in [6.45, 7) is 0.734. The van der Waals surface area contributed by atoms with Gasteiger partial charge in [0.2, 0.25) is 0 Å². The highest BCUT2D eigenvalue weighted by Gasteiger charge is 2.31. The quantitative estimate of drug-likeness (QED) is 0.473. The van der Waals surface area contributed by atoms with Crippen molar-refractivity contribution >= 4 is 22.8 Å². The van der Waals surface area contributed by atoms with Crippen molar-refractivity contribution in [2.24, 2.45) is 0 Å². The minimum Gasteiger partial charge on any atom is -0.349 e. The molecule has 1 saturated carbocycles. The van der Waals surface area contributed by atoms with Crippen LogP contribution in [0.5, 0.6) is 0 Å². The molecule has 1 aliphatic heterocycles. The molecule has 1 aliphatic carbocycles. The Morgan fingerprint density at radius 2 is 1.97 bits per heavy atom. The fourth-order valence-electron chi connectivity index (χ4n) is 4.14. The molecule has 0 amide bonds. The van der Waals surface area contributed by atoms with Crippen molar-refractivity contribution in [2.75, 3.05) is 11.4 Å². The second-order valence-electron chi connectivity index (χ2n) is 7.85. The number of nitrogens with zero attached hydrogens (tertiary/aromatic N) is 6. The molecular weight excluding hydrogens is 406 g/mol. The second kappa shape index (κ2) is 6.80. The van der Waals surface area contributed by atoms with Gasteiger partial charge in [-0.1, -0.05) is 11.3 Å². The topological polar surface area (TPSA) is 59.2 Å². The first kappa shape index (κ1) is 17.9. The lowest BCUT2D eigenvalue weighted by Gasteiger charge is -2.26. The maximum Gasteiger partial charge on any atom is 0.167 e. The van der Waals surface area contributed by atoms with E-state index < -0.39 is 5.82 Å². The van der Waals surface area contributed by atoms with Crippen LogP contribution < -0.4 is 4.90 Å². The summed E-state index contributed by atoms with van der Waals surface area (Å²) in [7, 11) is 0. The van der Waals surface area contributed by atoms with Gasteiger partial charge in [-0.2, -0.15) is 5.10 Å². The summed E-state index contributed by atoms with van der Waals surface area (Å²) in [5, 5.41) is 15.0. The molecule has 1 unspecified atom stereocenters. The largest absolute Gasteiger partial charge is 0.349 e. The normalized spacial score (nSPS) is 19.1. The molecule has 4 heterocycles. The summed E-state index contributed by atoms with van der Waals surface area (Å²) < 4.78 is 29.9. The van der Waals surface area contributed by atoms with E-state index in [0.29, 0.717) is 17.1 Å². The molecule has 0 bridgehead atoms. The summed E-state index contributed by atoms with van der Waals surface area (Å²) >= 11 is 1.59. The second-order valence-corrected chi connectivity index (χ2v) is 8.86. The predicted octanol–water partition coefficient (Wildman–Crippen LogP) is 4.74. The molecule has 0 spiro atoms. The van der Waals surface area contributed by atoms with E-state index in [4.69, 9.17) is 4.98 Å². The Balaban J connectivity index is 1.39. The highest BCUT2D eigenvalue weighted by Crippen LogP contribution is 2.43. The van der Waals surface area contributed by atoms with Crippen LogP contribution in [-0.2, 0) is 0 Å². The van der Waals surface area contributed by atoms with Crippen molar-refractivity contribution in [1.82, 2.24) is 24.8 Å². The Hall–Kier alpha value is -2.94. The molecule has 9 heteroatoms. The summed E-state index contributed by atoms with van der Waals surface area (Å²) in [5.74, 6) is 0.457. The molecule has 1 saturated heterocycles. The number of hydrogen-bond donors (Lipinski definition) is 0. The molecule has 1 atom stereocenters. The van der Waals surface area contributed by atoms with Crippen molar-refractivity contribution in [3.8, 4) is 10.6 Å². The van der Waals surface area contributed by atoms with Gasteiger partial charge in [0.25, 0.3) is 0 Å². The van der Waals surface area contributed by atoms with Crippen molar-refractivity contribution in [2.45, 2.75) is 37.6 Å². The number of halogens is 2. The standard InChI is InChI=1S/C21H18F2N6S/c22-13-5-6-16(23)14(10-13)17-2-1-8-28(17)18-7-9-29-19(25-18)15(11-24-29)21-27-26-20(30-21)12-3-4-12/h5-7,9-12,17H,1-4,8H2. The molecular formula is C21H18F2N6S. The van der Waals surface area contributed by atoms with E-state index in [2.05, 4.69) is 15.3 Å². The number of rotatable bonds is 4. The molecule has 0 N–H and O–H groups in total. The maximum absolute atomic E-state index is 14.4. The first-order valence-corrected chi connectivity index (χ1v) is 10.9. The summed E-state index contributed by atoms with van der Waals surface area (Å²) in [6.07, 6.45) is 7.61. The van der Waals surface area contributed by atoms with E-state index in [-0.39, 0.29) is 11.9 Å².